The maximum Gasteiger partial charge on any atom is 0.271 e. The minimum Gasteiger partial charge on any atom is -0.379 e. The summed E-state index contributed by atoms with van der Waals surface area (Å²) in [6, 6.07) is 5.38. The summed E-state index contributed by atoms with van der Waals surface area (Å²) in [7, 11) is -2.59. The Bertz CT molecular complexity index is 1190. The second-order valence-corrected chi connectivity index (χ2v) is 13.4. The van der Waals surface area contributed by atoms with Crippen LogP contribution >= 0.6 is 18.7 Å². The Kier molecular flexibility index (Phi) is 8.33. The van der Waals surface area contributed by atoms with E-state index in [2.05, 4.69) is 10.6 Å². The lowest BCUT2D eigenvalue weighted by molar-refractivity contribution is -0.129. The van der Waals surface area contributed by atoms with Gasteiger partial charge in [-0.15, -0.1) is 0 Å². The van der Waals surface area contributed by atoms with E-state index in [9.17, 15) is 14.2 Å². The second kappa shape index (κ2) is 11.3. The summed E-state index contributed by atoms with van der Waals surface area (Å²) in [4.78, 5) is 30.2. The van der Waals surface area contributed by atoms with Crippen molar-refractivity contribution in [2.45, 2.75) is 31.6 Å². The normalized spacial score (nSPS) is 22.0. The lowest BCUT2D eigenvalue weighted by Gasteiger charge is -2.40. The molecule has 3 heterocycles. The van der Waals surface area contributed by atoms with Crippen molar-refractivity contribution >= 4 is 41.9 Å². The van der Waals surface area contributed by atoms with Gasteiger partial charge in [0.25, 0.3) is 5.91 Å². The fourth-order valence-electron chi connectivity index (χ4n) is 4.91. The van der Waals surface area contributed by atoms with Crippen molar-refractivity contribution in [2.24, 2.45) is 11.6 Å². The molecule has 1 aromatic carbocycles. The molecule has 3 aliphatic heterocycles. The van der Waals surface area contributed by atoms with Crippen LogP contribution in [0.2, 0.25) is 5.02 Å². The van der Waals surface area contributed by atoms with Crippen LogP contribution in [0.5, 0.6) is 0 Å². The number of dihydropyridines is 1. The number of hydrogen-bond donors (Lipinski definition) is 4. The number of rotatable bonds is 6. The summed E-state index contributed by atoms with van der Waals surface area (Å²) in [5, 5.41) is 8.12. The number of nitrogens with one attached hydrogen (secondary N) is 2. The topological polar surface area (TPSA) is 137 Å². The molecule has 12 heteroatoms. The summed E-state index contributed by atoms with van der Waals surface area (Å²) >= 11 is 6.67. The number of para-hydroxylation sites is 1. The Morgan fingerprint density at radius 2 is 2.08 bits per heavy atom. The zero-order chi connectivity index (χ0) is 26.7. The van der Waals surface area contributed by atoms with Crippen molar-refractivity contribution in [3.63, 3.8) is 0 Å². The number of likely N-dealkylation sites (tertiary alicyclic amines) is 1. The van der Waals surface area contributed by atoms with Crippen LogP contribution in [0.25, 0.3) is 0 Å². The number of amides is 2. The van der Waals surface area contributed by atoms with Gasteiger partial charge in [-0.1, -0.05) is 29.8 Å². The Morgan fingerprint density at radius 1 is 1.30 bits per heavy atom. The third-order valence-electron chi connectivity index (χ3n) is 6.76. The van der Waals surface area contributed by atoms with E-state index < -0.39 is 19.3 Å². The van der Waals surface area contributed by atoms with Gasteiger partial charge < -0.3 is 30.7 Å². The van der Waals surface area contributed by atoms with Crippen LogP contribution in [0, 0.1) is 0 Å². The van der Waals surface area contributed by atoms with Gasteiger partial charge >= 0.3 is 0 Å². The van der Waals surface area contributed by atoms with Gasteiger partial charge in [-0.2, -0.15) is 0 Å². The minimum atomic E-state index is -2.59. The number of hydrazine groups is 1. The molecular weight excluding hydrogens is 513 g/mol. The molecule has 37 heavy (non-hydrogen) atoms. The molecule has 0 saturated carbocycles. The number of halogens is 1. The van der Waals surface area contributed by atoms with Gasteiger partial charge in [-0.3, -0.25) is 9.59 Å². The molecule has 0 bridgehead atoms. The fourth-order valence-corrected chi connectivity index (χ4v) is 6.10. The lowest BCUT2D eigenvalue weighted by atomic mass is 10.1. The molecule has 200 valence electrons. The number of benzene rings is 1. The van der Waals surface area contributed by atoms with Gasteiger partial charge in [0, 0.05) is 37.8 Å². The average molecular weight is 548 g/mol. The molecule has 10 nitrogen and oxygen atoms in total. The molecule has 2 atom stereocenters. The van der Waals surface area contributed by atoms with Crippen molar-refractivity contribution in [3.05, 3.63) is 58.5 Å². The van der Waals surface area contributed by atoms with E-state index in [1.807, 2.05) is 21.9 Å². The summed E-state index contributed by atoms with van der Waals surface area (Å²) in [5.74, 6) is 6.00. The summed E-state index contributed by atoms with van der Waals surface area (Å²) in [5.41, 5.74) is 7.95. The first kappa shape index (κ1) is 27.3. The zero-order valence-corrected chi connectivity index (χ0v) is 22.8. The predicted molar refractivity (Wildman–Crippen MR) is 148 cm³/mol. The highest BCUT2D eigenvalue weighted by Gasteiger charge is 2.41. The van der Waals surface area contributed by atoms with Crippen molar-refractivity contribution in [1.82, 2.24) is 15.2 Å². The van der Waals surface area contributed by atoms with Crippen molar-refractivity contribution in [2.75, 3.05) is 49.7 Å². The van der Waals surface area contributed by atoms with E-state index in [0.29, 0.717) is 42.2 Å². The van der Waals surface area contributed by atoms with E-state index in [-0.39, 0.29) is 11.9 Å². The molecule has 1 saturated heterocycles. The number of fused-ring (bicyclic) bond motifs is 1. The number of carbonyl (C=O) groups excluding carboxylic acids is 2. The van der Waals surface area contributed by atoms with Crippen molar-refractivity contribution in [3.8, 4) is 0 Å². The predicted octanol–water partition coefficient (Wildman–Crippen LogP) is 2.45. The molecule has 1 unspecified atom stereocenters. The second-order valence-electron chi connectivity index (χ2n) is 9.77. The van der Waals surface area contributed by atoms with Crippen LogP contribution in [0.1, 0.15) is 19.3 Å². The lowest BCUT2D eigenvalue weighted by Crippen LogP contribution is -2.60. The van der Waals surface area contributed by atoms with E-state index in [4.69, 9.17) is 23.2 Å². The Hall–Kier alpha value is -2.78. The molecule has 1 aromatic rings. The van der Waals surface area contributed by atoms with Gasteiger partial charge in [0.15, 0.2) is 6.29 Å². The highest BCUT2D eigenvalue weighted by molar-refractivity contribution is 7.66. The minimum absolute atomic E-state index is 0.0952. The molecule has 0 aromatic heterocycles. The number of anilines is 2. The van der Waals surface area contributed by atoms with Crippen LogP contribution < -0.4 is 27.1 Å². The van der Waals surface area contributed by atoms with Gasteiger partial charge in [0.2, 0.25) is 5.91 Å². The Labute approximate surface area is 222 Å². The number of nitrogens with zero attached hydrogens (tertiary/aromatic N) is 3. The summed E-state index contributed by atoms with van der Waals surface area (Å²) < 4.78 is 12.6. The fraction of sp³-hybridized carbons (Fsp3) is 0.440. The third kappa shape index (κ3) is 5.88. The van der Waals surface area contributed by atoms with E-state index in [1.54, 1.807) is 37.6 Å². The van der Waals surface area contributed by atoms with Crippen LogP contribution in [-0.2, 0) is 14.2 Å². The van der Waals surface area contributed by atoms with E-state index in [1.165, 1.54) is 6.08 Å². The first-order valence-corrected chi connectivity index (χ1v) is 15.4. The van der Waals surface area contributed by atoms with E-state index >= 15 is 0 Å². The van der Waals surface area contributed by atoms with Gasteiger partial charge in [0.1, 0.15) is 7.14 Å². The highest BCUT2D eigenvalue weighted by Crippen LogP contribution is 2.46. The highest BCUT2D eigenvalue weighted by atomic mass is 35.5. The van der Waals surface area contributed by atoms with Crippen molar-refractivity contribution in [1.29, 1.82) is 0 Å². The first-order chi connectivity index (χ1) is 17.6. The molecule has 0 aliphatic carbocycles. The maximum absolute atomic E-state index is 13.6. The number of nitrogens with two attached hydrogens (primary N) is 2. The molecule has 6 N–H and O–H groups in total. The van der Waals surface area contributed by atoms with E-state index in [0.717, 1.165) is 35.6 Å². The van der Waals surface area contributed by atoms with Crippen LogP contribution in [-0.4, -0.2) is 73.6 Å². The molecule has 0 radical (unpaired) electrons. The Balaban J connectivity index is 1.66. The Morgan fingerprint density at radius 3 is 2.81 bits per heavy atom. The van der Waals surface area contributed by atoms with Gasteiger partial charge in [0.05, 0.1) is 27.9 Å². The monoisotopic (exact) mass is 547 g/mol. The number of carbonyl (C=O) groups is 2. The average Bonchev–Trinajstić information content (AvgIpc) is 3.10. The SMILES string of the molecule is CP(C)(=O)C1=CC(C(=O)N(N)C2Nc3cccc(Cl)c3N2[C@@H]2CCCCN(C(=O)/C=C/CN)C2)=CCN1. The van der Waals surface area contributed by atoms with Crippen molar-refractivity contribution < 1.29 is 14.2 Å². The molecule has 0 spiro atoms. The first-order valence-electron chi connectivity index (χ1n) is 12.4. The maximum atomic E-state index is 13.6. The number of hydrogen-bond acceptors (Lipinski definition) is 8. The van der Waals surface area contributed by atoms with Gasteiger partial charge in [-0.05, 0) is 50.8 Å². The molecule has 4 rings (SSSR count). The smallest absolute Gasteiger partial charge is 0.271 e. The molecule has 3 aliphatic rings. The van der Waals surface area contributed by atoms with Gasteiger partial charge in [-0.25, -0.2) is 10.9 Å². The van der Waals surface area contributed by atoms with Crippen LogP contribution in [0.3, 0.4) is 0 Å². The molecular formula is C25H35ClN7O3P. The summed E-state index contributed by atoms with van der Waals surface area (Å²) in [6.45, 7) is 5.07. The quantitative estimate of drug-likeness (QED) is 0.140. The zero-order valence-electron chi connectivity index (χ0n) is 21.2. The standard InChI is InChI=1S/C25H35ClN7O3P/c1-37(2,36)21-15-17(11-13-29-21)24(35)33(28)25-30-20-9-5-8-19(26)23(20)32(25)18-7-3-4-14-31(16-18)22(34)10-6-12-27/h5-6,8-11,15,18,25,29-30H,3-4,7,12-14,16,27-28H2,1-2H3/b10-6+/t18-,25?/m1/s1. The molecule has 2 amide bonds. The van der Waals surface area contributed by atoms with Crippen LogP contribution in [0.4, 0.5) is 11.4 Å². The molecule has 1 fully saturated rings. The summed E-state index contributed by atoms with van der Waals surface area (Å²) in [6.07, 6.45) is 8.34. The largest absolute Gasteiger partial charge is 0.379 e. The third-order valence-corrected chi connectivity index (χ3v) is 8.52. The van der Waals surface area contributed by atoms with Crippen LogP contribution in [0.15, 0.2) is 53.5 Å².